The van der Waals surface area contributed by atoms with Crippen LogP contribution >= 0.6 is 0 Å². The third-order valence-corrected chi connectivity index (χ3v) is 6.93. The summed E-state index contributed by atoms with van der Waals surface area (Å²) in [6.07, 6.45) is 0. The zero-order chi connectivity index (χ0) is 19.8. The van der Waals surface area contributed by atoms with E-state index in [0.29, 0.717) is 18.8 Å². The van der Waals surface area contributed by atoms with Crippen LogP contribution < -0.4 is 4.90 Å². The monoisotopic (exact) mass is 390 g/mol. The first-order valence-corrected chi connectivity index (χ1v) is 10.3. The number of ketones is 1. The number of benzene rings is 2. The fourth-order valence-corrected chi connectivity index (χ4v) is 4.83. The van der Waals surface area contributed by atoms with E-state index in [9.17, 15) is 17.6 Å². The summed E-state index contributed by atoms with van der Waals surface area (Å²) in [4.78, 5) is 14.0. The maximum atomic E-state index is 14.1. The second-order valence-corrected chi connectivity index (χ2v) is 8.77. The summed E-state index contributed by atoms with van der Waals surface area (Å²) in [5.74, 6) is -0.890. The van der Waals surface area contributed by atoms with Crippen molar-refractivity contribution in [2.45, 2.75) is 25.7 Å². The number of aryl methyl sites for hydroxylation is 2. The molecule has 1 saturated heterocycles. The minimum absolute atomic E-state index is 0.0583. The summed E-state index contributed by atoms with van der Waals surface area (Å²) in [7, 11) is -3.58. The molecule has 0 unspecified atom stereocenters. The van der Waals surface area contributed by atoms with Crippen molar-refractivity contribution in [2.75, 3.05) is 31.1 Å². The van der Waals surface area contributed by atoms with E-state index in [0.717, 1.165) is 11.1 Å². The maximum Gasteiger partial charge on any atom is 0.243 e. The number of anilines is 1. The molecule has 7 heteroatoms. The lowest BCUT2D eigenvalue weighted by molar-refractivity contribution is 0.101. The van der Waals surface area contributed by atoms with Gasteiger partial charge in [0.15, 0.2) is 5.78 Å². The van der Waals surface area contributed by atoms with E-state index in [-0.39, 0.29) is 29.3 Å². The fraction of sp³-hybridized carbons (Fsp3) is 0.350. The zero-order valence-electron chi connectivity index (χ0n) is 15.7. The van der Waals surface area contributed by atoms with Gasteiger partial charge in [0.25, 0.3) is 0 Å². The molecule has 0 aromatic heterocycles. The number of piperazine rings is 1. The lowest BCUT2D eigenvalue weighted by atomic mass is 10.1. The van der Waals surface area contributed by atoms with Crippen molar-refractivity contribution >= 4 is 21.5 Å². The van der Waals surface area contributed by atoms with E-state index in [1.807, 2.05) is 24.8 Å². The molecule has 2 aromatic rings. The Labute approximate surface area is 159 Å². The first-order chi connectivity index (χ1) is 12.7. The standard InChI is InChI=1S/C20H23FN2O3S/c1-14-7-8-17(13-15(14)2)27(25,26)23-11-9-22(10-12-23)19-6-4-5-18(21)20(19)16(3)24/h4-8,13H,9-12H2,1-3H3. The van der Waals surface area contributed by atoms with Crippen molar-refractivity contribution in [3.05, 3.63) is 58.9 Å². The third-order valence-electron chi connectivity index (χ3n) is 5.04. The molecule has 144 valence electrons. The van der Waals surface area contributed by atoms with Gasteiger partial charge in [-0.3, -0.25) is 4.79 Å². The van der Waals surface area contributed by atoms with E-state index in [4.69, 9.17) is 0 Å². The number of carbonyl (C=O) groups excluding carboxylic acids is 1. The number of rotatable bonds is 4. The SMILES string of the molecule is CC(=O)c1c(F)cccc1N1CCN(S(=O)(=O)c2ccc(C)c(C)c2)CC1. The van der Waals surface area contributed by atoms with Crippen molar-refractivity contribution in [2.24, 2.45) is 0 Å². The van der Waals surface area contributed by atoms with E-state index in [2.05, 4.69) is 0 Å². The summed E-state index contributed by atoms with van der Waals surface area (Å²) in [5.41, 5.74) is 2.55. The van der Waals surface area contributed by atoms with Crippen molar-refractivity contribution in [3.8, 4) is 0 Å². The number of hydrogen-bond acceptors (Lipinski definition) is 4. The Balaban J connectivity index is 1.80. The van der Waals surface area contributed by atoms with Crippen LogP contribution in [0, 0.1) is 19.7 Å². The Morgan fingerprint density at radius 1 is 1.00 bits per heavy atom. The molecule has 0 N–H and O–H groups in total. The van der Waals surface area contributed by atoms with Crippen LogP contribution in [0.3, 0.4) is 0 Å². The summed E-state index contributed by atoms with van der Waals surface area (Å²) < 4.78 is 41.3. The number of hydrogen-bond donors (Lipinski definition) is 0. The molecule has 1 aliphatic heterocycles. The molecule has 0 atom stereocenters. The van der Waals surface area contributed by atoms with Crippen LogP contribution in [0.1, 0.15) is 28.4 Å². The van der Waals surface area contributed by atoms with Gasteiger partial charge in [-0.15, -0.1) is 0 Å². The molecule has 0 spiro atoms. The second-order valence-electron chi connectivity index (χ2n) is 6.83. The molecule has 27 heavy (non-hydrogen) atoms. The zero-order valence-corrected chi connectivity index (χ0v) is 16.5. The summed E-state index contributed by atoms with van der Waals surface area (Å²) in [5, 5.41) is 0. The average molecular weight is 390 g/mol. The molecular formula is C20H23FN2O3S. The summed E-state index contributed by atoms with van der Waals surface area (Å²) in [6.45, 7) is 6.52. The van der Waals surface area contributed by atoms with Gasteiger partial charge < -0.3 is 4.90 Å². The van der Waals surface area contributed by atoms with Crippen molar-refractivity contribution in [1.29, 1.82) is 0 Å². The Morgan fingerprint density at radius 3 is 2.26 bits per heavy atom. The molecule has 1 aliphatic rings. The topological polar surface area (TPSA) is 57.7 Å². The predicted octanol–water partition coefficient (Wildman–Crippen LogP) is 3.16. The first-order valence-electron chi connectivity index (χ1n) is 8.83. The van der Waals surface area contributed by atoms with Crippen LogP contribution in [-0.2, 0) is 10.0 Å². The molecule has 0 amide bonds. The number of halogens is 1. The Bertz CT molecular complexity index is 981. The predicted molar refractivity (Wildman–Crippen MR) is 103 cm³/mol. The Hall–Kier alpha value is -2.25. The third kappa shape index (κ3) is 3.75. The second kappa shape index (κ2) is 7.40. The van der Waals surface area contributed by atoms with Crippen LogP contribution in [0.2, 0.25) is 0 Å². The van der Waals surface area contributed by atoms with E-state index in [1.54, 1.807) is 24.3 Å². The quantitative estimate of drug-likeness (QED) is 0.753. The van der Waals surface area contributed by atoms with Gasteiger partial charge in [-0.25, -0.2) is 12.8 Å². The molecule has 0 bridgehead atoms. The molecule has 0 aliphatic carbocycles. The molecule has 0 saturated carbocycles. The molecular weight excluding hydrogens is 367 g/mol. The number of carbonyl (C=O) groups is 1. The van der Waals surface area contributed by atoms with Gasteiger partial charge in [0.2, 0.25) is 10.0 Å². The van der Waals surface area contributed by atoms with E-state index in [1.165, 1.54) is 17.3 Å². The van der Waals surface area contributed by atoms with Crippen molar-refractivity contribution < 1.29 is 17.6 Å². The van der Waals surface area contributed by atoms with Gasteiger partial charge in [-0.2, -0.15) is 4.31 Å². The average Bonchev–Trinajstić information content (AvgIpc) is 2.63. The number of nitrogens with zero attached hydrogens (tertiary/aromatic N) is 2. The van der Waals surface area contributed by atoms with Gasteiger partial charge >= 0.3 is 0 Å². The van der Waals surface area contributed by atoms with Crippen molar-refractivity contribution in [1.82, 2.24) is 4.31 Å². The highest BCUT2D eigenvalue weighted by atomic mass is 32.2. The highest BCUT2D eigenvalue weighted by Gasteiger charge is 2.30. The highest BCUT2D eigenvalue weighted by Crippen LogP contribution is 2.27. The Morgan fingerprint density at radius 2 is 1.67 bits per heavy atom. The summed E-state index contributed by atoms with van der Waals surface area (Å²) >= 11 is 0. The van der Waals surface area contributed by atoms with Crippen LogP contribution in [0.25, 0.3) is 0 Å². The molecule has 0 radical (unpaired) electrons. The van der Waals surface area contributed by atoms with Gasteiger partial charge in [0.1, 0.15) is 5.82 Å². The minimum atomic E-state index is -3.58. The van der Waals surface area contributed by atoms with E-state index < -0.39 is 15.8 Å². The number of sulfonamides is 1. The largest absolute Gasteiger partial charge is 0.368 e. The van der Waals surface area contributed by atoms with Gasteiger partial charge in [0.05, 0.1) is 16.1 Å². The lowest BCUT2D eigenvalue weighted by Crippen LogP contribution is -2.49. The lowest BCUT2D eigenvalue weighted by Gasteiger charge is -2.36. The van der Waals surface area contributed by atoms with Crippen LogP contribution in [0.15, 0.2) is 41.3 Å². The van der Waals surface area contributed by atoms with Gasteiger partial charge in [0, 0.05) is 26.2 Å². The van der Waals surface area contributed by atoms with Gasteiger partial charge in [-0.05, 0) is 56.2 Å². The van der Waals surface area contributed by atoms with E-state index >= 15 is 0 Å². The molecule has 5 nitrogen and oxygen atoms in total. The normalized spacial score (nSPS) is 15.8. The van der Waals surface area contributed by atoms with Crippen LogP contribution in [0.4, 0.5) is 10.1 Å². The first kappa shape index (κ1) is 19.5. The van der Waals surface area contributed by atoms with Crippen molar-refractivity contribution in [3.63, 3.8) is 0 Å². The minimum Gasteiger partial charge on any atom is -0.368 e. The van der Waals surface area contributed by atoms with Crippen LogP contribution in [0.5, 0.6) is 0 Å². The molecule has 1 fully saturated rings. The molecule has 3 rings (SSSR count). The molecule has 2 aromatic carbocycles. The smallest absolute Gasteiger partial charge is 0.243 e. The number of Topliss-reactive ketones (excluding diaryl/α,β-unsaturated/α-hetero) is 1. The summed E-state index contributed by atoms with van der Waals surface area (Å²) in [6, 6.07) is 9.66. The Kier molecular flexibility index (Phi) is 5.35. The fourth-order valence-electron chi connectivity index (χ4n) is 3.32. The molecule has 1 heterocycles. The van der Waals surface area contributed by atoms with Crippen LogP contribution in [-0.4, -0.2) is 44.7 Å². The van der Waals surface area contributed by atoms with Gasteiger partial charge in [-0.1, -0.05) is 12.1 Å². The maximum absolute atomic E-state index is 14.1. The highest BCUT2D eigenvalue weighted by molar-refractivity contribution is 7.89.